The van der Waals surface area contributed by atoms with Crippen molar-refractivity contribution in [3.63, 3.8) is 0 Å². The van der Waals surface area contributed by atoms with Gasteiger partial charge in [-0.15, -0.1) is 0 Å². The van der Waals surface area contributed by atoms with E-state index in [-0.39, 0.29) is 16.6 Å². The summed E-state index contributed by atoms with van der Waals surface area (Å²) in [6.07, 6.45) is 2.11. The van der Waals surface area contributed by atoms with Crippen molar-refractivity contribution in [2.75, 3.05) is 24.7 Å². The average Bonchev–Trinajstić information content (AvgIpc) is 2.46. The highest BCUT2D eigenvalue weighted by atomic mass is 32.2. The van der Waals surface area contributed by atoms with Gasteiger partial charge in [-0.1, -0.05) is 0 Å². The molecule has 1 heterocycles. The predicted molar refractivity (Wildman–Crippen MR) is 87.5 cm³/mol. The molecule has 0 aromatic heterocycles. The van der Waals surface area contributed by atoms with Gasteiger partial charge < -0.3 is 5.32 Å². The third-order valence-electron chi connectivity index (χ3n) is 3.78. The summed E-state index contributed by atoms with van der Waals surface area (Å²) in [4.78, 5) is 10.1. The van der Waals surface area contributed by atoms with Gasteiger partial charge in [-0.2, -0.15) is 0 Å². The largest absolute Gasteiger partial charge is 0.377 e. The van der Waals surface area contributed by atoms with Crippen molar-refractivity contribution in [3.8, 4) is 0 Å². The second kappa shape index (κ2) is 6.63. The number of sulfonamides is 2. The summed E-state index contributed by atoms with van der Waals surface area (Å²) < 4.78 is 46.9. The lowest BCUT2D eigenvalue weighted by atomic mass is 10.1. The maximum Gasteiger partial charge on any atom is 0.293 e. The van der Waals surface area contributed by atoms with Crippen molar-refractivity contribution in [1.82, 2.24) is 4.31 Å². The monoisotopic (exact) mass is 378 g/mol. The first kappa shape index (κ1) is 18.6. The van der Waals surface area contributed by atoms with E-state index in [0.717, 1.165) is 12.3 Å². The number of nitrogens with two attached hydrogens (primary N) is 1. The first-order chi connectivity index (χ1) is 11.0. The molecule has 1 aromatic rings. The number of nitrogens with zero attached hydrogens (tertiary/aromatic N) is 2. The molecule has 1 aliphatic rings. The summed E-state index contributed by atoms with van der Waals surface area (Å²) in [5.74, 6) is 0. The third kappa shape index (κ3) is 4.41. The van der Waals surface area contributed by atoms with Crippen LogP contribution >= 0.6 is 0 Å². The van der Waals surface area contributed by atoms with Crippen LogP contribution in [0.15, 0.2) is 23.1 Å². The van der Waals surface area contributed by atoms with Crippen molar-refractivity contribution in [2.24, 2.45) is 5.14 Å². The van der Waals surface area contributed by atoms with Crippen molar-refractivity contribution in [3.05, 3.63) is 28.3 Å². The van der Waals surface area contributed by atoms with Gasteiger partial charge in [0.05, 0.1) is 16.1 Å². The van der Waals surface area contributed by atoms with Gasteiger partial charge in [0, 0.05) is 25.2 Å². The van der Waals surface area contributed by atoms with Gasteiger partial charge in [0.2, 0.25) is 20.0 Å². The minimum absolute atomic E-state index is 0.151. The number of nitro benzene ring substituents is 1. The molecular weight excluding hydrogens is 360 g/mol. The van der Waals surface area contributed by atoms with E-state index in [1.807, 2.05) is 0 Å². The molecule has 0 bridgehead atoms. The van der Waals surface area contributed by atoms with Crippen molar-refractivity contribution >= 4 is 31.4 Å². The zero-order valence-electron chi connectivity index (χ0n) is 12.9. The Balaban J connectivity index is 2.18. The third-order valence-corrected chi connectivity index (χ3v) is 5.99. The fourth-order valence-electron chi connectivity index (χ4n) is 2.51. The molecule has 0 saturated carbocycles. The molecule has 1 aromatic carbocycles. The van der Waals surface area contributed by atoms with Crippen LogP contribution in [0.25, 0.3) is 0 Å². The van der Waals surface area contributed by atoms with E-state index in [1.165, 1.54) is 16.4 Å². The Morgan fingerprint density at radius 3 is 2.29 bits per heavy atom. The van der Waals surface area contributed by atoms with Crippen LogP contribution in [0.3, 0.4) is 0 Å². The second-order valence-electron chi connectivity index (χ2n) is 5.56. The van der Waals surface area contributed by atoms with Gasteiger partial charge in [-0.3, -0.25) is 10.1 Å². The highest BCUT2D eigenvalue weighted by molar-refractivity contribution is 7.89. The molecule has 0 aliphatic carbocycles. The average molecular weight is 378 g/mol. The van der Waals surface area contributed by atoms with Crippen molar-refractivity contribution in [2.45, 2.75) is 23.8 Å². The summed E-state index contributed by atoms with van der Waals surface area (Å²) in [6, 6.07) is 3.24. The number of hydrogen-bond donors (Lipinski definition) is 2. The van der Waals surface area contributed by atoms with Crippen LogP contribution in [0.2, 0.25) is 0 Å². The normalized spacial score (nSPS) is 17.6. The Hall–Kier alpha value is -1.76. The minimum Gasteiger partial charge on any atom is -0.377 e. The molecule has 0 amide bonds. The van der Waals surface area contributed by atoms with Crippen LogP contribution in [0.1, 0.15) is 12.8 Å². The number of nitrogens with one attached hydrogen (secondary N) is 1. The zero-order chi connectivity index (χ0) is 18.1. The molecule has 1 saturated heterocycles. The van der Waals surface area contributed by atoms with Crippen LogP contribution in [0.4, 0.5) is 11.4 Å². The van der Waals surface area contributed by atoms with Crippen LogP contribution in [0, 0.1) is 10.1 Å². The fourth-order valence-corrected chi connectivity index (χ4v) is 3.92. The number of benzene rings is 1. The lowest BCUT2D eigenvalue weighted by molar-refractivity contribution is -0.384. The maximum atomic E-state index is 11.5. The van der Waals surface area contributed by atoms with Crippen molar-refractivity contribution in [1.29, 1.82) is 0 Å². The Morgan fingerprint density at radius 1 is 1.25 bits per heavy atom. The van der Waals surface area contributed by atoms with Gasteiger partial charge in [-0.25, -0.2) is 26.3 Å². The maximum absolute atomic E-state index is 11.5. The van der Waals surface area contributed by atoms with E-state index in [2.05, 4.69) is 5.32 Å². The van der Waals surface area contributed by atoms with Crippen LogP contribution < -0.4 is 10.5 Å². The summed E-state index contributed by atoms with van der Waals surface area (Å²) in [5, 5.41) is 19.1. The minimum atomic E-state index is -4.04. The highest BCUT2D eigenvalue weighted by Gasteiger charge is 2.27. The molecule has 134 valence electrons. The van der Waals surface area contributed by atoms with Gasteiger partial charge in [0.1, 0.15) is 5.69 Å². The lowest BCUT2D eigenvalue weighted by Gasteiger charge is -2.31. The molecule has 0 unspecified atom stereocenters. The van der Waals surface area contributed by atoms with Crippen LogP contribution in [0.5, 0.6) is 0 Å². The van der Waals surface area contributed by atoms with E-state index < -0.39 is 30.7 Å². The summed E-state index contributed by atoms with van der Waals surface area (Å²) >= 11 is 0. The SMILES string of the molecule is CS(=O)(=O)N1CCC(Nc2ccc(S(N)(=O)=O)cc2[N+](=O)[O-])CC1. The number of anilines is 1. The molecule has 0 spiro atoms. The van der Waals surface area contributed by atoms with Gasteiger partial charge >= 0.3 is 0 Å². The number of rotatable bonds is 5. The topological polar surface area (TPSA) is 153 Å². The van der Waals surface area contributed by atoms with Gasteiger partial charge in [0.25, 0.3) is 5.69 Å². The fraction of sp³-hybridized carbons (Fsp3) is 0.500. The van der Waals surface area contributed by atoms with E-state index in [9.17, 15) is 26.9 Å². The predicted octanol–water partition coefficient (Wildman–Crippen LogP) is 0.0781. The smallest absolute Gasteiger partial charge is 0.293 e. The Labute approximate surface area is 139 Å². The first-order valence-electron chi connectivity index (χ1n) is 7.01. The summed E-state index contributed by atoms with van der Waals surface area (Å²) in [6.45, 7) is 0.638. The molecule has 0 atom stereocenters. The molecular formula is C12H18N4O6S2. The van der Waals surface area contributed by atoms with E-state index in [0.29, 0.717) is 25.9 Å². The summed E-state index contributed by atoms with van der Waals surface area (Å²) in [7, 11) is -7.29. The molecule has 1 aliphatic heterocycles. The lowest BCUT2D eigenvalue weighted by Crippen LogP contribution is -2.41. The summed E-state index contributed by atoms with van der Waals surface area (Å²) in [5.41, 5.74) is -0.225. The number of piperidine rings is 1. The second-order valence-corrected chi connectivity index (χ2v) is 9.11. The molecule has 3 N–H and O–H groups in total. The molecule has 1 fully saturated rings. The van der Waals surface area contributed by atoms with E-state index in [1.54, 1.807) is 0 Å². The van der Waals surface area contributed by atoms with E-state index in [4.69, 9.17) is 5.14 Å². The number of primary sulfonamides is 1. The molecule has 2 rings (SSSR count). The number of hydrogen-bond acceptors (Lipinski definition) is 7. The Kier molecular flexibility index (Phi) is 5.13. The molecule has 24 heavy (non-hydrogen) atoms. The Morgan fingerprint density at radius 2 is 1.83 bits per heavy atom. The molecule has 12 heteroatoms. The highest BCUT2D eigenvalue weighted by Crippen LogP contribution is 2.29. The molecule has 0 radical (unpaired) electrons. The van der Waals surface area contributed by atoms with Crippen LogP contribution in [-0.2, 0) is 20.0 Å². The Bertz CT molecular complexity index is 844. The van der Waals surface area contributed by atoms with Crippen molar-refractivity contribution < 1.29 is 21.8 Å². The van der Waals surface area contributed by atoms with Crippen LogP contribution in [-0.4, -0.2) is 51.5 Å². The van der Waals surface area contributed by atoms with Gasteiger partial charge in [0.15, 0.2) is 0 Å². The number of nitro groups is 1. The zero-order valence-corrected chi connectivity index (χ0v) is 14.5. The first-order valence-corrected chi connectivity index (χ1v) is 10.4. The van der Waals surface area contributed by atoms with Gasteiger partial charge in [-0.05, 0) is 25.0 Å². The quantitative estimate of drug-likeness (QED) is 0.543. The standard InChI is InChI=1S/C12H18N4O6S2/c1-23(19,20)15-6-4-9(5-7-15)14-11-3-2-10(24(13,21)22)8-12(11)16(17)18/h2-3,8-9,14H,4-7H2,1H3,(H2,13,21,22). The molecule has 10 nitrogen and oxygen atoms in total. The van der Waals surface area contributed by atoms with E-state index >= 15 is 0 Å².